The Labute approximate surface area is 160 Å². The van der Waals surface area contributed by atoms with E-state index in [9.17, 15) is 0 Å². The molecule has 130 valence electrons. The van der Waals surface area contributed by atoms with Gasteiger partial charge in [0.1, 0.15) is 0 Å². The van der Waals surface area contributed by atoms with E-state index in [1.165, 1.54) is 16.8 Å². The van der Waals surface area contributed by atoms with Gasteiger partial charge in [0.25, 0.3) is 0 Å². The Morgan fingerprint density at radius 1 is 0.769 bits per heavy atom. The minimum atomic E-state index is 0.757. The first-order chi connectivity index (χ1) is 12.8. The topological polar surface area (TPSA) is 12.5 Å². The number of anilines is 1. The number of morpholine rings is 1. The standard InChI is InChI=1S/C23H21NOS/c26-23(19-9-5-2-6-10-19)21-12-11-20(18-7-3-1-4-8-18)17-22(21)24-13-15-25-16-14-24/h1-12,17H,13-16H2. The summed E-state index contributed by atoms with van der Waals surface area (Å²) in [4.78, 5) is 3.28. The van der Waals surface area contributed by atoms with Gasteiger partial charge in [-0.3, -0.25) is 0 Å². The Bertz CT molecular complexity index is 887. The van der Waals surface area contributed by atoms with Gasteiger partial charge in [-0.1, -0.05) is 85.0 Å². The van der Waals surface area contributed by atoms with E-state index in [0.717, 1.165) is 42.3 Å². The van der Waals surface area contributed by atoms with Crippen molar-refractivity contribution in [1.29, 1.82) is 0 Å². The second-order valence-corrected chi connectivity index (χ2v) is 6.80. The maximum absolute atomic E-state index is 5.85. The molecule has 0 unspecified atom stereocenters. The lowest BCUT2D eigenvalue weighted by molar-refractivity contribution is 0.122. The molecule has 0 atom stereocenters. The molecule has 3 aromatic rings. The summed E-state index contributed by atoms with van der Waals surface area (Å²) in [6, 6.07) is 27.4. The highest BCUT2D eigenvalue weighted by atomic mass is 32.1. The van der Waals surface area contributed by atoms with Gasteiger partial charge in [0.2, 0.25) is 0 Å². The van der Waals surface area contributed by atoms with Crippen LogP contribution >= 0.6 is 12.2 Å². The van der Waals surface area contributed by atoms with Crippen LogP contribution in [0.15, 0.2) is 78.9 Å². The van der Waals surface area contributed by atoms with E-state index < -0.39 is 0 Å². The minimum absolute atomic E-state index is 0.757. The number of rotatable bonds is 4. The highest BCUT2D eigenvalue weighted by Gasteiger charge is 2.18. The largest absolute Gasteiger partial charge is 0.378 e. The fourth-order valence-corrected chi connectivity index (χ4v) is 3.65. The lowest BCUT2D eigenvalue weighted by atomic mass is 9.97. The zero-order valence-corrected chi connectivity index (χ0v) is 15.4. The molecule has 2 nitrogen and oxygen atoms in total. The summed E-state index contributed by atoms with van der Waals surface area (Å²) in [6.45, 7) is 3.30. The van der Waals surface area contributed by atoms with Gasteiger partial charge < -0.3 is 9.64 Å². The Hall–Kier alpha value is -2.49. The van der Waals surface area contributed by atoms with Crippen LogP contribution in [0.5, 0.6) is 0 Å². The Morgan fingerprint density at radius 3 is 2.12 bits per heavy atom. The first kappa shape index (κ1) is 17.0. The van der Waals surface area contributed by atoms with Crippen LogP contribution in [-0.2, 0) is 4.74 Å². The van der Waals surface area contributed by atoms with Crippen LogP contribution in [0, 0.1) is 0 Å². The number of nitrogens with zero attached hydrogens (tertiary/aromatic N) is 1. The highest BCUT2D eigenvalue weighted by Crippen LogP contribution is 2.31. The summed E-state index contributed by atoms with van der Waals surface area (Å²) in [5.41, 5.74) is 5.84. The van der Waals surface area contributed by atoms with Gasteiger partial charge in [-0.05, 0) is 22.8 Å². The third-order valence-corrected chi connectivity index (χ3v) is 5.19. The molecule has 1 fully saturated rings. The molecule has 0 radical (unpaired) electrons. The molecule has 0 saturated carbocycles. The molecule has 0 spiro atoms. The van der Waals surface area contributed by atoms with Gasteiger partial charge >= 0.3 is 0 Å². The first-order valence-corrected chi connectivity index (χ1v) is 9.36. The second kappa shape index (κ2) is 7.81. The van der Waals surface area contributed by atoms with Gasteiger partial charge in [0.15, 0.2) is 0 Å². The van der Waals surface area contributed by atoms with Crippen LogP contribution in [0.2, 0.25) is 0 Å². The highest BCUT2D eigenvalue weighted by molar-refractivity contribution is 7.81. The van der Waals surface area contributed by atoms with Gasteiger partial charge in [-0.2, -0.15) is 0 Å². The molecule has 1 aliphatic rings. The van der Waals surface area contributed by atoms with Crippen molar-refractivity contribution in [2.45, 2.75) is 0 Å². The maximum atomic E-state index is 5.85. The zero-order chi connectivity index (χ0) is 17.8. The Balaban J connectivity index is 1.78. The van der Waals surface area contributed by atoms with Crippen LogP contribution in [0.25, 0.3) is 11.1 Å². The van der Waals surface area contributed by atoms with E-state index in [1.54, 1.807) is 0 Å². The SMILES string of the molecule is S=C(c1ccccc1)c1ccc(-c2ccccc2)cc1N1CCOCC1. The molecule has 1 aliphatic heterocycles. The number of hydrogen-bond acceptors (Lipinski definition) is 3. The fourth-order valence-electron chi connectivity index (χ4n) is 3.34. The maximum Gasteiger partial charge on any atom is 0.0642 e. The third kappa shape index (κ3) is 3.55. The monoisotopic (exact) mass is 359 g/mol. The summed E-state index contributed by atoms with van der Waals surface area (Å²) >= 11 is 5.85. The van der Waals surface area contributed by atoms with Crippen LogP contribution in [-0.4, -0.2) is 31.2 Å². The van der Waals surface area contributed by atoms with Crippen LogP contribution < -0.4 is 4.90 Å². The lowest BCUT2D eigenvalue weighted by Crippen LogP contribution is -2.37. The van der Waals surface area contributed by atoms with Crippen LogP contribution in [0.1, 0.15) is 11.1 Å². The Kier molecular flexibility index (Phi) is 5.09. The summed E-state index contributed by atoms with van der Waals surface area (Å²) in [5, 5.41) is 0. The van der Waals surface area contributed by atoms with E-state index in [-0.39, 0.29) is 0 Å². The summed E-state index contributed by atoms with van der Waals surface area (Å²) < 4.78 is 5.55. The van der Waals surface area contributed by atoms with Crippen molar-refractivity contribution in [1.82, 2.24) is 0 Å². The normalized spacial score (nSPS) is 14.2. The molecule has 3 aromatic carbocycles. The summed E-state index contributed by atoms with van der Waals surface area (Å²) in [6.07, 6.45) is 0. The average Bonchev–Trinajstić information content (AvgIpc) is 2.75. The number of ether oxygens (including phenoxy) is 1. The van der Waals surface area contributed by atoms with Gasteiger partial charge in [0.05, 0.1) is 18.1 Å². The van der Waals surface area contributed by atoms with Crippen molar-refractivity contribution >= 4 is 22.8 Å². The zero-order valence-electron chi connectivity index (χ0n) is 14.6. The summed E-state index contributed by atoms with van der Waals surface area (Å²) in [7, 11) is 0. The predicted octanol–water partition coefficient (Wildman–Crippen LogP) is 4.96. The lowest BCUT2D eigenvalue weighted by Gasteiger charge is -2.31. The average molecular weight is 359 g/mol. The van der Waals surface area contributed by atoms with Crippen molar-refractivity contribution < 1.29 is 4.74 Å². The van der Waals surface area contributed by atoms with Gasteiger partial charge in [-0.25, -0.2) is 0 Å². The molecule has 3 heteroatoms. The van der Waals surface area contributed by atoms with E-state index in [1.807, 2.05) is 24.3 Å². The van der Waals surface area contributed by atoms with Gasteiger partial charge in [-0.15, -0.1) is 0 Å². The van der Waals surface area contributed by atoms with Crippen molar-refractivity contribution in [3.8, 4) is 11.1 Å². The number of thiocarbonyl (C=S) groups is 1. The molecule has 0 bridgehead atoms. The van der Waals surface area contributed by atoms with Crippen molar-refractivity contribution in [3.63, 3.8) is 0 Å². The van der Waals surface area contributed by atoms with E-state index in [0.29, 0.717) is 0 Å². The quantitative estimate of drug-likeness (QED) is 0.483. The van der Waals surface area contributed by atoms with E-state index >= 15 is 0 Å². The predicted molar refractivity (Wildman–Crippen MR) is 112 cm³/mol. The minimum Gasteiger partial charge on any atom is -0.378 e. The molecule has 0 aliphatic carbocycles. The smallest absolute Gasteiger partial charge is 0.0642 e. The van der Waals surface area contributed by atoms with Gasteiger partial charge in [0, 0.05) is 24.3 Å². The van der Waals surface area contributed by atoms with Crippen molar-refractivity contribution in [2.24, 2.45) is 0 Å². The molecular weight excluding hydrogens is 338 g/mol. The molecule has 26 heavy (non-hydrogen) atoms. The first-order valence-electron chi connectivity index (χ1n) is 8.95. The molecule has 1 saturated heterocycles. The Morgan fingerprint density at radius 2 is 1.42 bits per heavy atom. The molecule has 4 rings (SSSR count). The molecule has 0 N–H and O–H groups in total. The van der Waals surface area contributed by atoms with Crippen LogP contribution in [0.3, 0.4) is 0 Å². The molecule has 1 heterocycles. The second-order valence-electron chi connectivity index (χ2n) is 6.39. The molecule has 0 amide bonds. The number of benzene rings is 3. The van der Waals surface area contributed by atoms with Crippen molar-refractivity contribution in [3.05, 3.63) is 90.0 Å². The van der Waals surface area contributed by atoms with E-state index in [4.69, 9.17) is 17.0 Å². The van der Waals surface area contributed by atoms with Crippen LogP contribution in [0.4, 0.5) is 5.69 Å². The molecule has 0 aromatic heterocycles. The third-order valence-electron chi connectivity index (χ3n) is 4.74. The van der Waals surface area contributed by atoms with E-state index in [2.05, 4.69) is 59.5 Å². The molecular formula is C23H21NOS. The fraction of sp³-hybridized carbons (Fsp3) is 0.174. The van der Waals surface area contributed by atoms with Crippen molar-refractivity contribution in [2.75, 3.05) is 31.2 Å². The summed E-state index contributed by atoms with van der Waals surface area (Å²) in [5.74, 6) is 0. The number of hydrogen-bond donors (Lipinski definition) is 0.